The highest BCUT2D eigenvalue weighted by Crippen LogP contribution is 2.38. The van der Waals surface area contributed by atoms with Crippen molar-refractivity contribution >= 4 is 40.4 Å². The third-order valence-corrected chi connectivity index (χ3v) is 6.20. The molecule has 1 saturated heterocycles. The van der Waals surface area contributed by atoms with Gasteiger partial charge < -0.3 is 30.1 Å². The van der Waals surface area contributed by atoms with Crippen molar-refractivity contribution in [3.8, 4) is 5.75 Å². The standard InChI is InChI=1S/C24H26FN7O2/c1-30-9-11-32(12-10-30)15-7-8-18(20(13-15)34-3)28-24-26-14-19-22(29-24)31(2)21-16(23(33)27-19)5-4-6-17(21)25/h4-8,13-14H,9-12H2,1-3H3,(H,27,33)(H,26,28,29). The maximum atomic E-state index is 14.6. The summed E-state index contributed by atoms with van der Waals surface area (Å²) in [5.74, 6) is 0.420. The topological polar surface area (TPSA) is 85.9 Å². The van der Waals surface area contributed by atoms with Gasteiger partial charge in [-0.2, -0.15) is 4.98 Å². The molecule has 1 aromatic heterocycles. The third-order valence-electron chi connectivity index (χ3n) is 6.20. The van der Waals surface area contributed by atoms with Crippen LogP contribution >= 0.6 is 0 Å². The molecule has 0 atom stereocenters. The molecule has 0 saturated carbocycles. The molecule has 0 spiro atoms. The summed E-state index contributed by atoms with van der Waals surface area (Å²) in [5, 5.41) is 5.96. The number of ether oxygens (including phenoxy) is 1. The lowest BCUT2D eigenvalue weighted by Crippen LogP contribution is -2.44. The molecule has 3 aromatic rings. The molecule has 9 nitrogen and oxygen atoms in total. The van der Waals surface area contributed by atoms with Crippen molar-refractivity contribution in [2.75, 3.05) is 67.8 Å². The number of benzene rings is 2. The molecule has 1 fully saturated rings. The summed E-state index contributed by atoms with van der Waals surface area (Å²) in [6.45, 7) is 3.94. The summed E-state index contributed by atoms with van der Waals surface area (Å²) >= 11 is 0. The summed E-state index contributed by atoms with van der Waals surface area (Å²) in [6.07, 6.45) is 1.51. The van der Waals surface area contributed by atoms with E-state index in [0.29, 0.717) is 28.9 Å². The van der Waals surface area contributed by atoms with E-state index in [4.69, 9.17) is 4.74 Å². The van der Waals surface area contributed by atoms with Gasteiger partial charge in [0.05, 0.1) is 30.2 Å². The predicted molar refractivity (Wildman–Crippen MR) is 130 cm³/mol. The van der Waals surface area contributed by atoms with Crippen LogP contribution in [0.4, 0.5) is 38.9 Å². The number of piperazine rings is 1. The Kier molecular flexibility index (Phi) is 5.66. The smallest absolute Gasteiger partial charge is 0.258 e. The molecule has 2 aliphatic rings. The van der Waals surface area contributed by atoms with Crippen LogP contribution in [0, 0.1) is 5.82 Å². The predicted octanol–water partition coefficient (Wildman–Crippen LogP) is 3.45. The quantitative estimate of drug-likeness (QED) is 0.609. The largest absolute Gasteiger partial charge is 0.494 e. The van der Waals surface area contributed by atoms with E-state index in [1.807, 2.05) is 18.2 Å². The Balaban J connectivity index is 1.44. The number of carbonyl (C=O) groups excluding carboxylic acids is 1. The number of amides is 1. The molecule has 3 heterocycles. The van der Waals surface area contributed by atoms with E-state index >= 15 is 0 Å². The second kappa shape index (κ2) is 8.79. The first-order valence-electron chi connectivity index (χ1n) is 11.0. The molecule has 0 unspecified atom stereocenters. The molecular weight excluding hydrogens is 437 g/mol. The number of hydrogen-bond donors (Lipinski definition) is 2. The normalized spacial score (nSPS) is 15.8. The van der Waals surface area contributed by atoms with Crippen molar-refractivity contribution in [2.24, 2.45) is 0 Å². The number of halogens is 1. The van der Waals surface area contributed by atoms with Gasteiger partial charge in [0.25, 0.3) is 5.91 Å². The Bertz CT molecular complexity index is 1240. The number of aromatic nitrogens is 2. The maximum Gasteiger partial charge on any atom is 0.258 e. The fourth-order valence-electron chi connectivity index (χ4n) is 4.28. The monoisotopic (exact) mass is 463 g/mol. The molecule has 0 radical (unpaired) electrons. The average Bonchev–Trinajstić information content (AvgIpc) is 2.95. The maximum absolute atomic E-state index is 14.6. The van der Waals surface area contributed by atoms with Gasteiger partial charge in [-0.05, 0) is 31.3 Å². The second-order valence-electron chi connectivity index (χ2n) is 8.38. The molecule has 34 heavy (non-hydrogen) atoms. The number of carbonyl (C=O) groups is 1. The number of nitrogens with zero attached hydrogens (tertiary/aromatic N) is 5. The number of fused-ring (bicyclic) bond motifs is 2. The summed E-state index contributed by atoms with van der Waals surface area (Å²) in [6, 6.07) is 10.4. The van der Waals surface area contributed by atoms with Gasteiger partial charge in [-0.3, -0.25) is 4.79 Å². The Morgan fingerprint density at radius 1 is 1.12 bits per heavy atom. The zero-order valence-electron chi connectivity index (χ0n) is 19.3. The number of likely N-dealkylation sites (N-methyl/N-ethyl adjacent to an activating group) is 1. The first kappa shape index (κ1) is 21.9. The van der Waals surface area contributed by atoms with Crippen LogP contribution in [0.2, 0.25) is 0 Å². The highest BCUT2D eigenvalue weighted by molar-refractivity contribution is 6.12. The number of methoxy groups -OCH3 is 1. The molecule has 5 rings (SSSR count). The zero-order valence-corrected chi connectivity index (χ0v) is 19.3. The molecule has 176 valence electrons. The lowest BCUT2D eigenvalue weighted by atomic mass is 10.1. The van der Waals surface area contributed by atoms with Crippen molar-refractivity contribution in [3.63, 3.8) is 0 Å². The van der Waals surface area contributed by atoms with E-state index in [1.54, 1.807) is 25.1 Å². The highest BCUT2D eigenvalue weighted by atomic mass is 19.1. The number of para-hydroxylation sites is 1. The van der Waals surface area contributed by atoms with E-state index in [1.165, 1.54) is 18.3 Å². The molecule has 2 aliphatic heterocycles. The summed E-state index contributed by atoms with van der Waals surface area (Å²) in [7, 11) is 5.42. The van der Waals surface area contributed by atoms with E-state index in [9.17, 15) is 9.18 Å². The zero-order chi connectivity index (χ0) is 23.8. The Morgan fingerprint density at radius 3 is 2.68 bits per heavy atom. The Morgan fingerprint density at radius 2 is 1.91 bits per heavy atom. The Labute approximate surface area is 197 Å². The highest BCUT2D eigenvalue weighted by Gasteiger charge is 2.27. The molecule has 1 amide bonds. The van der Waals surface area contributed by atoms with Crippen LogP contribution < -0.4 is 25.2 Å². The minimum atomic E-state index is -0.503. The first-order valence-corrected chi connectivity index (χ1v) is 11.0. The second-order valence-corrected chi connectivity index (χ2v) is 8.38. The van der Waals surface area contributed by atoms with Crippen molar-refractivity contribution in [1.82, 2.24) is 14.9 Å². The number of hydrogen-bond acceptors (Lipinski definition) is 8. The minimum Gasteiger partial charge on any atom is -0.494 e. The first-order chi connectivity index (χ1) is 16.4. The van der Waals surface area contributed by atoms with Crippen LogP contribution in [-0.4, -0.2) is 68.2 Å². The third kappa shape index (κ3) is 3.96. The fraction of sp³-hybridized carbons (Fsp3) is 0.292. The van der Waals surface area contributed by atoms with Gasteiger partial charge in [-0.25, -0.2) is 9.37 Å². The molecule has 2 N–H and O–H groups in total. The summed E-state index contributed by atoms with van der Waals surface area (Å²) < 4.78 is 20.3. The summed E-state index contributed by atoms with van der Waals surface area (Å²) in [5.41, 5.74) is 2.58. The van der Waals surface area contributed by atoms with E-state index in [2.05, 4.69) is 37.4 Å². The molecule has 2 aromatic carbocycles. The van der Waals surface area contributed by atoms with Crippen molar-refractivity contribution in [3.05, 3.63) is 54.0 Å². The van der Waals surface area contributed by atoms with Gasteiger partial charge in [-0.15, -0.1) is 0 Å². The van der Waals surface area contributed by atoms with E-state index in [0.717, 1.165) is 31.9 Å². The molecule has 10 heteroatoms. The van der Waals surface area contributed by atoms with Gasteiger partial charge in [0.2, 0.25) is 5.95 Å². The number of anilines is 6. The number of nitrogens with one attached hydrogen (secondary N) is 2. The SMILES string of the molecule is COc1cc(N2CCN(C)CC2)ccc1Nc1ncc2c(n1)N(C)c1c(F)cccc1C(=O)N2. The van der Waals surface area contributed by atoms with Crippen molar-refractivity contribution < 1.29 is 13.9 Å². The van der Waals surface area contributed by atoms with Gasteiger partial charge in [0, 0.05) is 45.0 Å². The lowest BCUT2D eigenvalue weighted by Gasteiger charge is -2.34. The average molecular weight is 464 g/mol. The lowest BCUT2D eigenvalue weighted by molar-refractivity contribution is 0.102. The van der Waals surface area contributed by atoms with Gasteiger partial charge in [-0.1, -0.05) is 6.07 Å². The molecule has 0 aliphatic carbocycles. The van der Waals surface area contributed by atoms with Crippen molar-refractivity contribution in [2.45, 2.75) is 0 Å². The van der Waals surface area contributed by atoms with Crippen LogP contribution in [0.3, 0.4) is 0 Å². The van der Waals surface area contributed by atoms with Crippen molar-refractivity contribution in [1.29, 1.82) is 0 Å². The molecular formula is C24H26FN7O2. The number of rotatable bonds is 4. The van der Waals surface area contributed by atoms with Crippen LogP contribution in [0.15, 0.2) is 42.6 Å². The van der Waals surface area contributed by atoms with E-state index in [-0.39, 0.29) is 11.3 Å². The van der Waals surface area contributed by atoms with Gasteiger partial charge in [0.15, 0.2) is 5.82 Å². The van der Waals surface area contributed by atoms with Crippen LogP contribution in [0.25, 0.3) is 0 Å². The van der Waals surface area contributed by atoms with Gasteiger partial charge >= 0.3 is 0 Å². The van der Waals surface area contributed by atoms with Crippen LogP contribution in [0.5, 0.6) is 5.75 Å². The van der Waals surface area contributed by atoms with Crippen LogP contribution in [0.1, 0.15) is 10.4 Å². The van der Waals surface area contributed by atoms with Crippen LogP contribution in [-0.2, 0) is 0 Å². The van der Waals surface area contributed by atoms with Gasteiger partial charge in [0.1, 0.15) is 17.3 Å². The summed E-state index contributed by atoms with van der Waals surface area (Å²) in [4.78, 5) is 27.7. The van der Waals surface area contributed by atoms with E-state index < -0.39 is 11.7 Å². The molecule has 0 bridgehead atoms. The minimum absolute atomic E-state index is 0.164. The fourth-order valence-corrected chi connectivity index (χ4v) is 4.28. The Hall–Kier alpha value is -3.92.